The van der Waals surface area contributed by atoms with Crippen molar-refractivity contribution in [2.75, 3.05) is 13.2 Å². The van der Waals surface area contributed by atoms with Gasteiger partial charge in [-0.1, -0.05) is 6.92 Å². The topological polar surface area (TPSA) is 55.4 Å². The van der Waals surface area contributed by atoms with Gasteiger partial charge in [0, 0.05) is 11.4 Å². The molecule has 1 unspecified atom stereocenters. The molecule has 0 saturated heterocycles. The van der Waals surface area contributed by atoms with Crippen LogP contribution in [-0.2, 0) is 22.4 Å². The van der Waals surface area contributed by atoms with Gasteiger partial charge in [-0.15, -0.1) is 11.3 Å². The summed E-state index contributed by atoms with van der Waals surface area (Å²) < 4.78 is 5.01. The molecule has 0 saturated carbocycles. The van der Waals surface area contributed by atoms with Gasteiger partial charge < -0.3 is 10.1 Å². The van der Waals surface area contributed by atoms with Gasteiger partial charge in [0.15, 0.2) is 6.61 Å². The third kappa shape index (κ3) is 3.56. The molecule has 1 heterocycles. The van der Waals surface area contributed by atoms with Gasteiger partial charge in [-0.3, -0.25) is 4.79 Å². The van der Waals surface area contributed by atoms with Gasteiger partial charge in [0.2, 0.25) is 0 Å². The van der Waals surface area contributed by atoms with E-state index in [4.69, 9.17) is 4.74 Å². The van der Waals surface area contributed by atoms with Crippen molar-refractivity contribution in [1.29, 1.82) is 0 Å². The first-order chi connectivity index (χ1) is 9.10. The summed E-state index contributed by atoms with van der Waals surface area (Å²) in [6.45, 7) is 4.40. The Morgan fingerprint density at radius 3 is 3.05 bits per heavy atom. The zero-order valence-corrected chi connectivity index (χ0v) is 12.1. The number of hydrogen-bond acceptors (Lipinski definition) is 4. The van der Waals surface area contributed by atoms with Crippen LogP contribution in [0.25, 0.3) is 0 Å². The minimum Gasteiger partial charge on any atom is -0.451 e. The largest absolute Gasteiger partial charge is 0.451 e. The van der Waals surface area contributed by atoms with E-state index in [1.165, 1.54) is 28.2 Å². The summed E-state index contributed by atoms with van der Waals surface area (Å²) in [5.41, 5.74) is 1.27. The van der Waals surface area contributed by atoms with Gasteiger partial charge >= 0.3 is 5.97 Å². The van der Waals surface area contributed by atoms with Crippen molar-refractivity contribution in [1.82, 2.24) is 5.32 Å². The van der Waals surface area contributed by atoms with Crippen molar-refractivity contribution in [2.45, 2.75) is 33.1 Å². The van der Waals surface area contributed by atoms with Crippen LogP contribution in [0.3, 0.4) is 0 Å². The van der Waals surface area contributed by atoms with Gasteiger partial charge in [0.25, 0.3) is 5.91 Å². The molecule has 1 aliphatic rings. The molecule has 1 amide bonds. The number of nitrogens with one attached hydrogen (secondary N) is 1. The van der Waals surface area contributed by atoms with Crippen LogP contribution in [0.4, 0.5) is 0 Å². The molecule has 1 aromatic rings. The van der Waals surface area contributed by atoms with Crippen molar-refractivity contribution >= 4 is 23.2 Å². The molecule has 0 aliphatic heterocycles. The Kier molecular flexibility index (Phi) is 4.58. The number of rotatable bonds is 4. The predicted octanol–water partition coefficient (Wildman–Crippen LogP) is 2.17. The Morgan fingerprint density at radius 2 is 2.32 bits per heavy atom. The van der Waals surface area contributed by atoms with Crippen LogP contribution in [0.2, 0.25) is 0 Å². The Labute approximate surface area is 117 Å². The van der Waals surface area contributed by atoms with E-state index in [1.807, 2.05) is 13.0 Å². The van der Waals surface area contributed by atoms with Crippen molar-refractivity contribution in [3.8, 4) is 0 Å². The molecule has 1 atom stereocenters. The zero-order chi connectivity index (χ0) is 13.8. The molecule has 5 heteroatoms. The maximum Gasteiger partial charge on any atom is 0.348 e. The van der Waals surface area contributed by atoms with Crippen molar-refractivity contribution < 1.29 is 14.3 Å². The third-order valence-corrected chi connectivity index (χ3v) is 4.46. The summed E-state index contributed by atoms with van der Waals surface area (Å²) in [5, 5.41) is 2.59. The minimum atomic E-state index is -0.390. The number of likely N-dealkylation sites (N-methyl/N-ethyl adjacent to an activating group) is 1. The average molecular weight is 281 g/mol. The zero-order valence-electron chi connectivity index (χ0n) is 11.3. The molecule has 104 valence electrons. The highest BCUT2D eigenvalue weighted by atomic mass is 32.1. The fraction of sp³-hybridized carbons (Fsp3) is 0.571. The molecule has 1 N–H and O–H groups in total. The molecule has 19 heavy (non-hydrogen) atoms. The summed E-state index contributed by atoms with van der Waals surface area (Å²) in [6, 6.07) is 1.93. The number of ether oxygens (including phenoxy) is 1. The second kappa shape index (κ2) is 6.19. The molecular formula is C14H19NO3S. The van der Waals surface area contributed by atoms with Gasteiger partial charge in [-0.25, -0.2) is 4.79 Å². The lowest BCUT2D eigenvalue weighted by molar-refractivity contribution is -0.124. The average Bonchev–Trinajstić information content (AvgIpc) is 2.79. The molecule has 0 spiro atoms. The van der Waals surface area contributed by atoms with E-state index in [0.717, 1.165) is 12.8 Å². The lowest BCUT2D eigenvalue weighted by atomic mass is 9.90. The maximum atomic E-state index is 11.9. The number of fused-ring (bicyclic) bond motifs is 1. The third-order valence-electron chi connectivity index (χ3n) is 3.24. The number of aryl methyl sites for hydroxylation is 1. The highest BCUT2D eigenvalue weighted by molar-refractivity contribution is 7.14. The molecule has 0 radical (unpaired) electrons. The summed E-state index contributed by atoms with van der Waals surface area (Å²) in [5.74, 6) is 0.0328. The van der Waals surface area contributed by atoms with E-state index in [0.29, 0.717) is 17.3 Å². The first kappa shape index (κ1) is 14.1. The molecule has 4 nitrogen and oxygen atoms in total. The molecule has 1 aromatic heterocycles. The maximum absolute atomic E-state index is 11.9. The summed E-state index contributed by atoms with van der Waals surface area (Å²) >= 11 is 1.50. The van der Waals surface area contributed by atoms with Crippen molar-refractivity contribution in [2.24, 2.45) is 5.92 Å². The predicted molar refractivity (Wildman–Crippen MR) is 74.5 cm³/mol. The quantitative estimate of drug-likeness (QED) is 0.861. The number of amides is 1. The molecular weight excluding hydrogens is 262 g/mol. The van der Waals surface area contributed by atoms with E-state index in [-0.39, 0.29) is 12.5 Å². The normalized spacial score (nSPS) is 17.7. The van der Waals surface area contributed by atoms with Crippen LogP contribution in [0.15, 0.2) is 6.07 Å². The smallest absolute Gasteiger partial charge is 0.348 e. The molecule has 0 bridgehead atoms. The molecule has 0 aromatic carbocycles. The number of carbonyl (C=O) groups is 2. The molecule has 2 rings (SSSR count). The number of hydrogen-bond donors (Lipinski definition) is 1. The number of carbonyl (C=O) groups excluding carboxylic acids is 2. The van der Waals surface area contributed by atoms with Crippen LogP contribution < -0.4 is 5.32 Å². The van der Waals surface area contributed by atoms with E-state index in [9.17, 15) is 9.59 Å². The molecule has 0 fully saturated rings. The monoisotopic (exact) mass is 281 g/mol. The Balaban J connectivity index is 1.95. The Bertz CT molecular complexity index is 481. The van der Waals surface area contributed by atoms with Crippen LogP contribution in [-0.4, -0.2) is 25.0 Å². The Hall–Kier alpha value is -1.36. The van der Waals surface area contributed by atoms with Crippen molar-refractivity contribution in [3.63, 3.8) is 0 Å². The van der Waals surface area contributed by atoms with Gasteiger partial charge in [-0.2, -0.15) is 0 Å². The summed E-state index contributed by atoms with van der Waals surface area (Å²) in [4.78, 5) is 25.0. The fourth-order valence-electron chi connectivity index (χ4n) is 2.26. The highest BCUT2D eigenvalue weighted by Gasteiger charge is 2.21. The van der Waals surface area contributed by atoms with E-state index < -0.39 is 5.97 Å². The van der Waals surface area contributed by atoms with E-state index in [2.05, 4.69) is 12.2 Å². The van der Waals surface area contributed by atoms with E-state index >= 15 is 0 Å². The van der Waals surface area contributed by atoms with Gasteiger partial charge in [-0.05, 0) is 43.7 Å². The number of thiophene rings is 1. The minimum absolute atomic E-state index is 0.203. The fourth-order valence-corrected chi connectivity index (χ4v) is 3.36. The first-order valence-electron chi connectivity index (χ1n) is 6.65. The SMILES string of the molecule is CCNC(=O)COC(=O)c1cc2c(s1)CCC(C)C2. The van der Waals surface area contributed by atoms with Crippen LogP contribution in [0.5, 0.6) is 0 Å². The van der Waals surface area contributed by atoms with Crippen molar-refractivity contribution in [3.05, 3.63) is 21.4 Å². The Morgan fingerprint density at radius 1 is 1.53 bits per heavy atom. The summed E-state index contributed by atoms with van der Waals surface area (Å²) in [7, 11) is 0. The molecule has 1 aliphatic carbocycles. The van der Waals surface area contributed by atoms with Crippen LogP contribution in [0, 0.1) is 5.92 Å². The van der Waals surface area contributed by atoms with Gasteiger partial charge in [0.1, 0.15) is 4.88 Å². The lowest BCUT2D eigenvalue weighted by Gasteiger charge is -2.16. The highest BCUT2D eigenvalue weighted by Crippen LogP contribution is 2.32. The summed E-state index contributed by atoms with van der Waals surface area (Å²) in [6.07, 6.45) is 3.26. The first-order valence-corrected chi connectivity index (χ1v) is 7.47. The van der Waals surface area contributed by atoms with Crippen LogP contribution >= 0.6 is 11.3 Å². The standard InChI is InChI=1S/C14H19NO3S/c1-3-15-13(16)8-18-14(17)12-7-10-6-9(2)4-5-11(10)19-12/h7,9H,3-6,8H2,1-2H3,(H,15,16). The second-order valence-electron chi connectivity index (χ2n) is 4.94. The van der Waals surface area contributed by atoms with E-state index in [1.54, 1.807) is 0 Å². The van der Waals surface area contributed by atoms with Gasteiger partial charge in [0.05, 0.1) is 0 Å². The number of esters is 1. The second-order valence-corrected chi connectivity index (χ2v) is 6.07. The lowest BCUT2D eigenvalue weighted by Crippen LogP contribution is -2.28. The van der Waals surface area contributed by atoms with Crippen LogP contribution in [0.1, 0.15) is 40.4 Å².